The second-order valence-electron chi connectivity index (χ2n) is 17.4. The quantitative estimate of drug-likeness (QED) is 0.0136. The number of aliphatic carboxylic acids is 1. The highest BCUT2D eigenvalue weighted by atomic mass is 19.1. The first kappa shape index (κ1) is 63.1. The van der Waals surface area contributed by atoms with Gasteiger partial charge in [-0.15, -0.1) is 0 Å². The summed E-state index contributed by atoms with van der Waals surface area (Å²) < 4.78 is 13.9. The highest BCUT2D eigenvalue weighted by molar-refractivity contribution is 6.40. The lowest BCUT2D eigenvalue weighted by molar-refractivity contribution is -0.137. The van der Waals surface area contributed by atoms with Gasteiger partial charge in [0.1, 0.15) is 47.4 Å². The number of carboxylic acids is 1. The molecule has 0 bridgehead atoms. The lowest BCUT2D eigenvalue weighted by Crippen LogP contribution is -2.60. The molecule has 8 amide bonds. The number of rotatable bonds is 33. The monoisotopic (exact) mass is 1050 g/mol. The predicted octanol–water partition coefficient (Wildman–Crippen LogP) is -5.00. The number of guanidine groups is 1. The van der Waals surface area contributed by atoms with Crippen LogP contribution in [-0.2, 0) is 49.6 Å². The van der Waals surface area contributed by atoms with Gasteiger partial charge in [-0.2, -0.15) is 0 Å². The van der Waals surface area contributed by atoms with Crippen LogP contribution in [-0.4, -0.2) is 168 Å². The SMILES string of the molecule is C[C@H](NC(=O)[C@@H](NC(=O)[C@@H](N)CCCCN)[C@@H](O)CN)C(=O)NCC(=O)/N=C(\CCCN)C(=O)N1CCC[C@H]1C(=O)N[C@@H](Cc1ccc(F)cc1)C(=O)N[C@@H](CCCCN)C(=O)N/C(=C\CCNC(=N)N)C(=O)O. The molecule has 1 aromatic rings. The molecule has 0 radical (unpaired) electrons. The molecule has 2 rings (SSSR count). The van der Waals surface area contributed by atoms with Gasteiger partial charge in [-0.25, -0.2) is 14.2 Å². The van der Waals surface area contributed by atoms with E-state index in [1.165, 1.54) is 30.0 Å². The molecule has 28 heteroatoms. The standard InChI is InChI=1S/C46H75FN16O11/c1-26(57-43(71)37(35(64)24-51)62-39(67)29(52)9-2-4-18-48)38(66)56-25-36(65)58-31(11-6-20-50)44(72)63-22-8-13-34(63)42(70)61-33(23-27-14-16-28(47)17-15-27)41(69)59-30(10-3-5-19-49)40(68)60-32(45(73)74)12-7-21-55-46(53)54/h12,14-17,26,29-30,33-35,37,64H,2-11,13,18-25,48-52H2,1H3,(H,56,66)(H,57,71)(H,59,69)(H,60,68)(H,61,70)(H,62,67)(H,73,74)(H4,53,54,55)/b32-12-,58-31+/t26-,29-,30-,33-,34-,35-,37-/m0/s1. The van der Waals surface area contributed by atoms with Crippen molar-refractivity contribution in [3.05, 3.63) is 47.4 Å². The lowest BCUT2D eigenvalue weighted by atomic mass is 10.0. The van der Waals surface area contributed by atoms with E-state index in [0.717, 1.165) is 12.1 Å². The Morgan fingerprint density at radius 1 is 0.824 bits per heavy atom. The van der Waals surface area contributed by atoms with Gasteiger partial charge in [0, 0.05) is 26.1 Å². The molecule has 1 heterocycles. The number of carbonyl (C=O) groups excluding carboxylic acids is 8. The average molecular weight is 1050 g/mol. The minimum atomic E-state index is -1.58. The molecule has 1 saturated heterocycles. The third kappa shape index (κ3) is 22.4. The molecular weight excluding hydrogens is 972 g/mol. The molecule has 1 aliphatic rings. The summed E-state index contributed by atoms with van der Waals surface area (Å²) in [6.45, 7) is 0.923. The fourth-order valence-electron chi connectivity index (χ4n) is 7.38. The minimum Gasteiger partial charge on any atom is -0.477 e. The molecule has 1 aromatic carbocycles. The van der Waals surface area contributed by atoms with Gasteiger partial charge in [0.2, 0.25) is 35.4 Å². The summed E-state index contributed by atoms with van der Waals surface area (Å²) in [7, 11) is 0. The van der Waals surface area contributed by atoms with Crippen molar-refractivity contribution < 1.29 is 57.8 Å². The summed E-state index contributed by atoms with van der Waals surface area (Å²) in [6, 6.07) is -2.83. The van der Waals surface area contributed by atoms with Crippen molar-refractivity contribution in [3.8, 4) is 0 Å². The number of aliphatic hydroxyl groups excluding tert-OH is 1. The van der Waals surface area contributed by atoms with Gasteiger partial charge in [0.15, 0.2) is 5.96 Å². The Labute approximate surface area is 428 Å². The first-order valence-corrected chi connectivity index (χ1v) is 24.4. The van der Waals surface area contributed by atoms with E-state index in [0.29, 0.717) is 44.2 Å². The van der Waals surface area contributed by atoms with Crippen LogP contribution in [0, 0.1) is 11.2 Å². The highest BCUT2D eigenvalue weighted by Crippen LogP contribution is 2.20. The molecule has 1 aliphatic heterocycles. The van der Waals surface area contributed by atoms with Crippen LogP contribution < -0.4 is 71.6 Å². The van der Waals surface area contributed by atoms with E-state index in [1.807, 2.05) is 0 Å². The number of hydrogen-bond acceptors (Lipinski definition) is 16. The molecular formula is C46H75FN16O11. The number of aliphatic imine (C=N–C) groups is 1. The number of halogens is 1. The van der Waals surface area contributed by atoms with E-state index in [1.54, 1.807) is 0 Å². The molecule has 0 saturated carbocycles. The van der Waals surface area contributed by atoms with Gasteiger partial charge in [-0.1, -0.05) is 24.6 Å². The zero-order chi connectivity index (χ0) is 55.3. The Balaban J connectivity index is 2.29. The molecule has 22 N–H and O–H groups in total. The number of unbranched alkanes of at least 4 members (excludes halogenated alkanes) is 2. The van der Waals surface area contributed by atoms with Gasteiger partial charge in [-0.05, 0) is 108 Å². The number of benzene rings is 1. The van der Waals surface area contributed by atoms with Gasteiger partial charge in [0.05, 0.1) is 18.7 Å². The van der Waals surface area contributed by atoms with Crippen LogP contribution in [0.1, 0.15) is 83.1 Å². The van der Waals surface area contributed by atoms with Gasteiger partial charge in [-0.3, -0.25) is 43.8 Å². The Bertz CT molecular complexity index is 2150. The third-order valence-corrected chi connectivity index (χ3v) is 11.5. The molecule has 1 fully saturated rings. The van der Waals surface area contributed by atoms with E-state index in [4.69, 9.17) is 39.8 Å². The van der Waals surface area contributed by atoms with Crippen LogP contribution in [0.4, 0.5) is 4.39 Å². The van der Waals surface area contributed by atoms with Crippen molar-refractivity contribution in [2.45, 2.75) is 126 Å². The molecule has 7 atom stereocenters. The summed E-state index contributed by atoms with van der Waals surface area (Å²) in [6.07, 6.45) is 2.16. The number of likely N-dealkylation sites (tertiary alicyclic amines) is 1. The van der Waals surface area contributed by atoms with Crippen LogP contribution in [0.15, 0.2) is 41.0 Å². The normalized spacial score (nSPS) is 16.1. The number of carbonyl (C=O) groups is 9. The molecule has 0 spiro atoms. The molecule has 0 aliphatic carbocycles. The van der Waals surface area contributed by atoms with Crippen LogP contribution >= 0.6 is 0 Å². The van der Waals surface area contributed by atoms with Gasteiger partial charge < -0.3 is 86.7 Å². The van der Waals surface area contributed by atoms with Crippen LogP contribution in [0.3, 0.4) is 0 Å². The van der Waals surface area contributed by atoms with E-state index >= 15 is 0 Å². The number of carboxylic acid groups (broad SMARTS) is 1. The summed E-state index contributed by atoms with van der Waals surface area (Å²) >= 11 is 0. The number of aliphatic hydroxyl groups is 1. The Hall–Kier alpha value is -6.98. The second kappa shape index (κ2) is 33.7. The zero-order valence-electron chi connectivity index (χ0n) is 41.7. The predicted molar refractivity (Wildman–Crippen MR) is 269 cm³/mol. The number of nitrogens with one attached hydrogen (secondary N) is 8. The van der Waals surface area contributed by atoms with Crippen molar-refractivity contribution in [2.24, 2.45) is 39.4 Å². The lowest BCUT2D eigenvalue weighted by Gasteiger charge is -2.28. The van der Waals surface area contributed by atoms with E-state index in [2.05, 4.69) is 42.2 Å². The molecule has 74 heavy (non-hydrogen) atoms. The maximum Gasteiger partial charge on any atom is 0.352 e. The van der Waals surface area contributed by atoms with Gasteiger partial charge in [0.25, 0.3) is 11.8 Å². The number of hydrogen-bond donors (Lipinski definition) is 16. The van der Waals surface area contributed by atoms with E-state index in [9.17, 15) is 57.8 Å². The van der Waals surface area contributed by atoms with Crippen molar-refractivity contribution in [2.75, 3.05) is 45.8 Å². The van der Waals surface area contributed by atoms with Crippen molar-refractivity contribution in [1.29, 1.82) is 5.41 Å². The fourth-order valence-corrected chi connectivity index (χ4v) is 7.38. The first-order chi connectivity index (χ1) is 35.2. The largest absolute Gasteiger partial charge is 0.477 e. The Morgan fingerprint density at radius 2 is 1.47 bits per heavy atom. The molecule has 0 aromatic heterocycles. The zero-order valence-corrected chi connectivity index (χ0v) is 41.7. The third-order valence-electron chi connectivity index (χ3n) is 11.5. The molecule has 27 nitrogen and oxygen atoms in total. The van der Waals surface area contributed by atoms with Crippen LogP contribution in [0.25, 0.3) is 0 Å². The van der Waals surface area contributed by atoms with E-state index in [-0.39, 0.29) is 82.8 Å². The number of nitrogens with two attached hydrogens (primary N) is 6. The topological polar surface area (TPSA) is 474 Å². The van der Waals surface area contributed by atoms with Gasteiger partial charge >= 0.3 is 5.97 Å². The number of nitrogens with zero attached hydrogens (tertiary/aromatic N) is 2. The summed E-state index contributed by atoms with van der Waals surface area (Å²) in [5.41, 5.74) is 33.2. The minimum absolute atomic E-state index is 0.00681. The smallest absolute Gasteiger partial charge is 0.352 e. The van der Waals surface area contributed by atoms with Crippen LogP contribution in [0.2, 0.25) is 0 Å². The summed E-state index contributed by atoms with van der Waals surface area (Å²) in [5.74, 6) is -9.35. The summed E-state index contributed by atoms with van der Waals surface area (Å²) in [4.78, 5) is 125. The van der Waals surface area contributed by atoms with E-state index < -0.39 is 120 Å². The van der Waals surface area contributed by atoms with Crippen molar-refractivity contribution >= 4 is 64.9 Å². The average Bonchev–Trinajstić information content (AvgIpc) is 3.87. The van der Waals surface area contributed by atoms with Crippen molar-refractivity contribution in [3.63, 3.8) is 0 Å². The Kier molecular flexibility index (Phi) is 28.7. The first-order valence-electron chi connectivity index (χ1n) is 24.4. The van der Waals surface area contributed by atoms with Crippen molar-refractivity contribution in [1.82, 2.24) is 42.1 Å². The summed E-state index contributed by atoms with van der Waals surface area (Å²) in [5, 5.41) is 44.5. The number of amides is 8. The fraction of sp³-hybridized carbons (Fsp3) is 0.587. The van der Waals surface area contributed by atoms with Crippen LogP contribution in [0.5, 0.6) is 0 Å². The molecule has 0 unspecified atom stereocenters. The maximum absolute atomic E-state index is 14.1. The Morgan fingerprint density at radius 3 is 2.08 bits per heavy atom. The highest BCUT2D eigenvalue weighted by Gasteiger charge is 2.38. The molecule has 412 valence electrons. The second-order valence-corrected chi connectivity index (χ2v) is 17.4. The maximum atomic E-state index is 14.1.